The molecular weight excluding hydrogens is 258 g/mol. The van der Waals surface area contributed by atoms with Crippen molar-refractivity contribution in [1.29, 1.82) is 0 Å². The van der Waals surface area contributed by atoms with Crippen LogP contribution < -0.4 is 0 Å². The predicted molar refractivity (Wildman–Crippen MR) is 69.4 cm³/mol. The van der Waals surface area contributed by atoms with E-state index < -0.39 is 0 Å². The molecule has 0 spiro atoms. The van der Waals surface area contributed by atoms with E-state index in [0.29, 0.717) is 6.61 Å². The Morgan fingerprint density at radius 1 is 1.65 bits per heavy atom. The standard InChI is InChI=1S/C12H16ClNO2S/c1-2-16-12(15)10-4-3-7-14(10)8-9-5-6-11(13)17-9/h5-6,10H,2-4,7-8H2,1H3. The van der Waals surface area contributed by atoms with Gasteiger partial charge in [-0.3, -0.25) is 9.69 Å². The van der Waals surface area contributed by atoms with Gasteiger partial charge in [0.2, 0.25) is 0 Å². The summed E-state index contributed by atoms with van der Waals surface area (Å²) < 4.78 is 5.89. The summed E-state index contributed by atoms with van der Waals surface area (Å²) in [7, 11) is 0. The van der Waals surface area contributed by atoms with Gasteiger partial charge in [-0.1, -0.05) is 11.6 Å². The zero-order valence-electron chi connectivity index (χ0n) is 9.82. The quantitative estimate of drug-likeness (QED) is 0.790. The number of esters is 1. The number of nitrogens with zero attached hydrogens (tertiary/aromatic N) is 1. The van der Waals surface area contributed by atoms with E-state index in [9.17, 15) is 4.79 Å². The van der Waals surface area contributed by atoms with Gasteiger partial charge >= 0.3 is 5.97 Å². The van der Waals surface area contributed by atoms with Crippen molar-refractivity contribution in [2.24, 2.45) is 0 Å². The summed E-state index contributed by atoms with van der Waals surface area (Å²) in [4.78, 5) is 15.1. The fourth-order valence-corrected chi connectivity index (χ4v) is 3.27. The van der Waals surface area contributed by atoms with Crippen LogP contribution in [-0.2, 0) is 16.1 Å². The van der Waals surface area contributed by atoms with Crippen LogP contribution in [0.15, 0.2) is 12.1 Å². The predicted octanol–water partition coefficient (Wildman–Crippen LogP) is 2.93. The molecule has 0 aliphatic carbocycles. The van der Waals surface area contributed by atoms with Crippen LogP contribution in [0.3, 0.4) is 0 Å². The van der Waals surface area contributed by atoms with Crippen LogP contribution in [0, 0.1) is 0 Å². The summed E-state index contributed by atoms with van der Waals surface area (Å²) in [6.07, 6.45) is 1.96. The molecule has 0 amide bonds. The first-order chi connectivity index (χ1) is 8.20. The number of thiophene rings is 1. The molecule has 5 heteroatoms. The van der Waals surface area contributed by atoms with Crippen molar-refractivity contribution < 1.29 is 9.53 Å². The number of rotatable bonds is 4. The number of likely N-dealkylation sites (tertiary alicyclic amines) is 1. The van der Waals surface area contributed by atoms with E-state index in [4.69, 9.17) is 16.3 Å². The van der Waals surface area contributed by atoms with Gasteiger partial charge in [-0.15, -0.1) is 11.3 Å². The summed E-state index contributed by atoms with van der Waals surface area (Å²) >= 11 is 7.48. The van der Waals surface area contributed by atoms with E-state index in [2.05, 4.69) is 4.90 Å². The number of hydrogen-bond donors (Lipinski definition) is 0. The number of halogens is 1. The second kappa shape index (κ2) is 5.85. The van der Waals surface area contributed by atoms with Crippen LogP contribution >= 0.6 is 22.9 Å². The average Bonchev–Trinajstić information content (AvgIpc) is 2.89. The molecule has 0 aromatic carbocycles. The molecule has 0 radical (unpaired) electrons. The lowest BCUT2D eigenvalue weighted by molar-refractivity contribution is -0.148. The second-order valence-electron chi connectivity index (χ2n) is 4.09. The highest BCUT2D eigenvalue weighted by Gasteiger charge is 2.31. The molecule has 1 saturated heterocycles. The fourth-order valence-electron chi connectivity index (χ4n) is 2.16. The molecule has 1 unspecified atom stereocenters. The van der Waals surface area contributed by atoms with Crippen molar-refractivity contribution in [3.05, 3.63) is 21.3 Å². The van der Waals surface area contributed by atoms with Gasteiger partial charge in [-0.25, -0.2) is 0 Å². The molecule has 1 aromatic rings. The molecule has 1 aromatic heterocycles. The first-order valence-corrected chi connectivity index (χ1v) is 7.05. The molecular formula is C12H16ClNO2S. The highest BCUT2D eigenvalue weighted by atomic mass is 35.5. The van der Waals surface area contributed by atoms with Gasteiger partial charge in [0.1, 0.15) is 6.04 Å². The maximum atomic E-state index is 11.8. The molecule has 1 fully saturated rings. The monoisotopic (exact) mass is 273 g/mol. The van der Waals surface area contributed by atoms with Crippen LogP contribution in [0.25, 0.3) is 0 Å². The Balaban J connectivity index is 1.97. The Labute approximate surface area is 110 Å². The number of carbonyl (C=O) groups excluding carboxylic acids is 1. The molecule has 3 nitrogen and oxygen atoms in total. The van der Waals surface area contributed by atoms with Gasteiger partial charge in [-0.2, -0.15) is 0 Å². The zero-order chi connectivity index (χ0) is 12.3. The van der Waals surface area contributed by atoms with Gasteiger partial charge in [0, 0.05) is 11.4 Å². The number of carbonyl (C=O) groups is 1. The van der Waals surface area contributed by atoms with Crippen LogP contribution in [-0.4, -0.2) is 30.1 Å². The van der Waals surface area contributed by atoms with Crippen molar-refractivity contribution >= 4 is 28.9 Å². The van der Waals surface area contributed by atoms with Crippen LogP contribution in [0.1, 0.15) is 24.6 Å². The van der Waals surface area contributed by atoms with Crippen LogP contribution in [0.4, 0.5) is 0 Å². The summed E-state index contributed by atoms with van der Waals surface area (Å²) in [6, 6.07) is 3.85. The maximum absolute atomic E-state index is 11.8. The number of hydrogen-bond acceptors (Lipinski definition) is 4. The lowest BCUT2D eigenvalue weighted by Gasteiger charge is -2.21. The van der Waals surface area contributed by atoms with E-state index >= 15 is 0 Å². The van der Waals surface area contributed by atoms with Gasteiger partial charge in [0.15, 0.2) is 0 Å². The minimum absolute atomic E-state index is 0.0733. The largest absolute Gasteiger partial charge is 0.465 e. The molecule has 2 rings (SSSR count). The van der Waals surface area contributed by atoms with Gasteiger partial charge in [-0.05, 0) is 38.4 Å². The zero-order valence-corrected chi connectivity index (χ0v) is 11.4. The number of ether oxygens (including phenoxy) is 1. The smallest absolute Gasteiger partial charge is 0.323 e. The molecule has 1 atom stereocenters. The topological polar surface area (TPSA) is 29.5 Å². The van der Waals surface area contributed by atoms with E-state index in [0.717, 1.165) is 30.3 Å². The van der Waals surface area contributed by atoms with E-state index in [1.165, 1.54) is 4.88 Å². The minimum atomic E-state index is -0.0901. The molecule has 0 saturated carbocycles. The minimum Gasteiger partial charge on any atom is -0.465 e. The SMILES string of the molecule is CCOC(=O)C1CCCN1Cc1ccc(Cl)s1. The first-order valence-electron chi connectivity index (χ1n) is 5.85. The molecule has 0 bridgehead atoms. The molecule has 0 N–H and O–H groups in total. The summed E-state index contributed by atoms with van der Waals surface area (Å²) in [5.74, 6) is -0.0901. The van der Waals surface area contributed by atoms with Gasteiger partial charge in [0.05, 0.1) is 10.9 Å². The maximum Gasteiger partial charge on any atom is 0.323 e. The Hall–Kier alpha value is -0.580. The van der Waals surface area contributed by atoms with E-state index in [1.54, 1.807) is 11.3 Å². The van der Waals surface area contributed by atoms with Gasteiger partial charge in [0.25, 0.3) is 0 Å². The Morgan fingerprint density at radius 3 is 3.12 bits per heavy atom. The third-order valence-corrected chi connectivity index (χ3v) is 4.13. The Kier molecular flexibility index (Phi) is 4.42. The molecule has 1 aliphatic rings. The Morgan fingerprint density at radius 2 is 2.47 bits per heavy atom. The summed E-state index contributed by atoms with van der Waals surface area (Å²) in [5, 5.41) is 0. The first kappa shape index (κ1) is 12.9. The second-order valence-corrected chi connectivity index (χ2v) is 5.89. The Bertz CT molecular complexity index is 394. The third kappa shape index (κ3) is 3.21. The van der Waals surface area contributed by atoms with Crippen molar-refractivity contribution in [3.8, 4) is 0 Å². The van der Waals surface area contributed by atoms with Crippen LogP contribution in [0.2, 0.25) is 4.34 Å². The van der Waals surface area contributed by atoms with E-state index in [1.807, 2.05) is 19.1 Å². The third-order valence-electron chi connectivity index (χ3n) is 2.91. The van der Waals surface area contributed by atoms with E-state index in [-0.39, 0.29) is 12.0 Å². The molecule has 17 heavy (non-hydrogen) atoms. The molecule has 1 aliphatic heterocycles. The fraction of sp³-hybridized carbons (Fsp3) is 0.583. The highest BCUT2D eigenvalue weighted by molar-refractivity contribution is 7.16. The summed E-state index contributed by atoms with van der Waals surface area (Å²) in [6.45, 7) is 4.05. The normalized spacial score (nSPS) is 20.7. The van der Waals surface area contributed by atoms with Crippen molar-refractivity contribution in [2.75, 3.05) is 13.2 Å². The molecule has 94 valence electrons. The van der Waals surface area contributed by atoms with Crippen molar-refractivity contribution in [2.45, 2.75) is 32.4 Å². The lowest BCUT2D eigenvalue weighted by atomic mass is 10.2. The van der Waals surface area contributed by atoms with Gasteiger partial charge < -0.3 is 4.74 Å². The van der Waals surface area contributed by atoms with Crippen molar-refractivity contribution in [3.63, 3.8) is 0 Å². The lowest BCUT2D eigenvalue weighted by Crippen LogP contribution is -2.36. The van der Waals surface area contributed by atoms with Crippen LogP contribution in [0.5, 0.6) is 0 Å². The summed E-state index contributed by atoms with van der Waals surface area (Å²) in [5.41, 5.74) is 0. The average molecular weight is 274 g/mol. The highest BCUT2D eigenvalue weighted by Crippen LogP contribution is 2.26. The molecule has 2 heterocycles. The van der Waals surface area contributed by atoms with Crippen molar-refractivity contribution in [1.82, 2.24) is 4.90 Å².